The molecule has 3 aromatic rings. The predicted octanol–water partition coefficient (Wildman–Crippen LogP) is 4.07. The number of aliphatic imine (C=N–C) groups is 1. The molecule has 0 bridgehead atoms. The van der Waals surface area contributed by atoms with E-state index >= 15 is 0 Å². The highest BCUT2D eigenvalue weighted by atomic mass is 127. The van der Waals surface area contributed by atoms with Crippen LogP contribution in [-0.2, 0) is 19.6 Å². The van der Waals surface area contributed by atoms with Gasteiger partial charge in [0.05, 0.1) is 12.7 Å². The van der Waals surface area contributed by atoms with Crippen LogP contribution in [0.25, 0.3) is 0 Å². The molecule has 0 aliphatic heterocycles. The van der Waals surface area contributed by atoms with Crippen LogP contribution in [0.3, 0.4) is 0 Å². The van der Waals surface area contributed by atoms with Crippen molar-refractivity contribution < 1.29 is 0 Å². The topological polar surface area (TPSA) is 54.2 Å². The number of benzene rings is 2. The second-order valence-electron chi connectivity index (χ2n) is 5.90. The molecule has 1 aromatic heterocycles. The van der Waals surface area contributed by atoms with E-state index < -0.39 is 0 Å². The van der Waals surface area contributed by atoms with E-state index in [1.165, 1.54) is 5.56 Å². The lowest BCUT2D eigenvalue weighted by atomic mass is 10.2. The molecule has 5 nitrogen and oxygen atoms in total. The molecule has 7 heteroatoms. The summed E-state index contributed by atoms with van der Waals surface area (Å²) >= 11 is 6.18. The molecule has 1 heterocycles. The van der Waals surface area contributed by atoms with E-state index in [2.05, 4.69) is 32.9 Å². The average molecular weight is 496 g/mol. The number of guanidine groups is 1. The van der Waals surface area contributed by atoms with Crippen molar-refractivity contribution in [2.24, 2.45) is 4.99 Å². The number of hydrogen-bond donors (Lipinski definition) is 2. The maximum absolute atomic E-state index is 6.18. The van der Waals surface area contributed by atoms with Crippen LogP contribution >= 0.6 is 35.6 Å². The van der Waals surface area contributed by atoms with Crippen molar-refractivity contribution in [2.45, 2.75) is 19.6 Å². The van der Waals surface area contributed by atoms with Gasteiger partial charge in [-0.15, -0.1) is 24.0 Å². The predicted molar refractivity (Wildman–Crippen MR) is 122 cm³/mol. The van der Waals surface area contributed by atoms with E-state index in [1.807, 2.05) is 59.5 Å². The Morgan fingerprint density at radius 1 is 1.00 bits per heavy atom. The minimum Gasteiger partial charge on any atom is -0.352 e. The van der Waals surface area contributed by atoms with Gasteiger partial charge < -0.3 is 10.6 Å². The highest BCUT2D eigenvalue weighted by Crippen LogP contribution is 2.14. The van der Waals surface area contributed by atoms with Crippen molar-refractivity contribution in [1.82, 2.24) is 20.4 Å². The van der Waals surface area contributed by atoms with Crippen LogP contribution in [0.2, 0.25) is 5.02 Å². The van der Waals surface area contributed by atoms with Crippen LogP contribution in [0.5, 0.6) is 0 Å². The minimum atomic E-state index is 0. The SMILES string of the molecule is CN=C(NCc1cnn(Cc2ccccc2)c1)NCc1ccccc1Cl.I. The third kappa shape index (κ3) is 6.55. The van der Waals surface area contributed by atoms with Gasteiger partial charge in [0.1, 0.15) is 0 Å². The van der Waals surface area contributed by atoms with E-state index in [0.29, 0.717) is 13.1 Å². The molecule has 0 amide bonds. The highest BCUT2D eigenvalue weighted by molar-refractivity contribution is 14.0. The normalized spacial score (nSPS) is 11.0. The van der Waals surface area contributed by atoms with Gasteiger partial charge in [-0.25, -0.2) is 0 Å². The van der Waals surface area contributed by atoms with Crippen molar-refractivity contribution in [3.63, 3.8) is 0 Å². The van der Waals surface area contributed by atoms with E-state index in [9.17, 15) is 0 Å². The third-order valence-electron chi connectivity index (χ3n) is 3.96. The van der Waals surface area contributed by atoms with Gasteiger partial charge in [0.2, 0.25) is 0 Å². The van der Waals surface area contributed by atoms with Gasteiger partial charge in [-0.2, -0.15) is 5.10 Å². The molecule has 3 rings (SSSR count). The fourth-order valence-corrected chi connectivity index (χ4v) is 2.78. The first-order chi connectivity index (χ1) is 12.7. The molecule has 0 spiro atoms. The molecule has 27 heavy (non-hydrogen) atoms. The standard InChI is InChI=1S/C20H22ClN5.HI/c1-22-20(24-13-18-9-5-6-10-19(18)21)23-11-17-12-25-26(15-17)14-16-7-3-2-4-8-16;/h2-10,12,15H,11,13-14H2,1H3,(H2,22,23,24);1H. The zero-order chi connectivity index (χ0) is 18.2. The number of halogens is 2. The van der Waals surface area contributed by atoms with Gasteiger partial charge in [-0.1, -0.05) is 60.1 Å². The number of aromatic nitrogens is 2. The fraction of sp³-hybridized carbons (Fsp3) is 0.200. The van der Waals surface area contributed by atoms with Crippen LogP contribution < -0.4 is 10.6 Å². The molecule has 0 fully saturated rings. The fourth-order valence-electron chi connectivity index (χ4n) is 2.58. The van der Waals surface area contributed by atoms with Crippen LogP contribution in [0.15, 0.2) is 72.0 Å². The van der Waals surface area contributed by atoms with Gasteiger partial charge in [0.15, 0.2) is 5.96 Å². The lowest BCUT2D eigenvalue weighted by Crippen LogP contribution is -2.36. The molecule has 0 unspecified atom stereocenters. The van der Waals surface area contributed by atoms with Crippen molar-refractivity contribution >= 4 is 41.5 Å². The van der Waals surface area contributed by atoms with E-state index in [4.69, 9.17) is 11.6 Å². The Kier molecular flexibility index (Phi) is 8.60. The van der Waals surface area contributed by atoms with Gasteiger partial charge in [0, 0.05) is 36.9 Å². The van der Waals surface area contributed by atoms with E-state index in [-0.39, 0.29) is 24.0 Å². The zero-order valence-corrected chi connectivity index (χ0v) is 18.2. The Morgan fingerprint density at radius 2 is 1.70 bits per heavy atom. The molecular weight excluding hydrogens is 473 g/mol. The number of rotatable bonds is 6. The largest absolute Gasteiger partial charge is 0.352 e. The summed E-state index contributed by atoms with van der Waals surface area (Å²) in [5, 5.41) is 11.7. The summed E-state index contributed by atoms with van der Waals surface area (Å²) < 4.78 is 1.94. The number of nitrogens with one attached hydrogen (secondary N) is 2. The number of nitrogens with zero attached hydrogens (tertiary/aromatic N) is 3. The van der Waals surface area contributed by atoms with Crippen molar-refractivity contribution in [1.29, 1.82) is 0 Å². The van der Waals surface area contributed by atoms with Crippen LogP contribution in [0, 0.1) is 0 Å². The quantitative estimate of drug-likeness (QED) is 0.308. The maximum atomic E-state index is 6.18. The average Bonchev–Trinajstić information content (AvgIpc) is 3.11. The van der Waals surface area contributed by atoms with E-state index in [0.717, 1.165) is 28.7 Å². The minimum absolute atomic E-state index is 0. The highest BCUT2D eigenvalue weighted by Gasteiger charge is 2.04. The second kappa shape index (κ2) is 10.9. The van der Waals surface area contributed by atoms with Crippen molar-refractivity contribution in [3.05, 3.63) is 88.7 Å². The maximum Gasteiger partial charge on any atom is 0.191 e. The van der Waals surface area contributed by atoms with Crippen LogP contribution in [0.4, 0.5) is 0 Å². The third-order valence-corrected chi connectivity index (χ3v) is 4.33. The zero-order valence-electron chi connectivity index (χ0n) is 15.1. The Hall–Kier alpha value is -2.06. The molecule has 2 N–H and O–H groups in total. The molecular formula is C20H23ClIN5. The Labute approximate surface area is 181 Å². The summed E-state index contributed by atoms with van der Waals surface area (Å²) in [5.41, 5.74) is 3.36. The molecule has 0 aliphatic carbocycles. The smallest absolute Gasteiger partial charge is 0.191 e. The molecule has 0 aliphatic rings. The Balaban J connectivity index is 0.00000261. The summed E-state index contributed by atoms with van der Waals surface area (Å²) in [7, 11) is 1.75. The summed E-state index contributed by atoms with van der Waals surface area (Å²) in [6.07, 6.45) is 3.92. The number of hydrogen-bond acceptors (Lipinski definition) is 2. The molecule has 0 saturated heterocycles. The first kappa shape index (κ1) is 21.2. The van der Waals surface area contributed by atoms with Crippen LogP contribution in [0.1, 0.15) is 16.7 Å². The first-order valence-corrected chi connectivity index (χ1v) is 8.85. The van der Waals surface area contributed by atoms with Crippen molar-refractivity contribution in [2.75, 3.05) is 7.05 Å². The molecule has 0 radical (unpaired) electrons. The summed E-state index contributed by atoms with van der Waals surface area (Å²) in [5.74, 6) is 0.723. The Bertz CT molecular complexity index is 864. The summed E-state index contributed by atoms with van der Waals surface area (Å²) in [6.45, 7) is 2.03. The molecule has 142 valence electrons. The summed E-state index contributed by atoms with van der Waals surface area (Å²) in [4.78, 5) is 4.25. The van der Waals surface area contributed by atoms with Gasteiger partial charge in [0.25, 0.3) is 0 Å². The molecule has 0 saturated carbocycles. The monoisotopic (exact) mass is 495 g/mol. The summed E-state index contributed by atoms with van der Waals surface area (Å²) in [6, 6.07) is 18.1. The van der Waals surface area contributed by atoms with Gasteiger partial charge in [-0.3, -0.25) is 9.67 Å². The lowest BCUT2D eigenvalue weighted by molar-refractivity contribution is 0.685. The lowest BCUT2D eigenvalue weighted by Gasteiger charge is -2.12. The Morgan fingerprint density at radius 3 is 2.44 bits per heavy atom. The first-order valence-electron chi connectivity index (χ1n) is 8.48. The van der Waals surface area contributed by atoms with Gasteiger partial charge in [-0.05, 0) is 17.2 Å². The van der Waals surface area contributed by atoms with Crippen LogP contribution in [-0.4, -0.2) is 22.8 Å². The van der Waals surface area contributed by atoms with Gasteiger partial charge >= 0.3 is 0 Å². The van der Waals surface area contributed by atoms with E-state index in [1.54, 1.807) is 7.05 Å². The molecule has 2 aromatic carbocycles. The molecule has 0 atom stereocenters. The second-order valence-corrected chi connectivity index (χ2v) is 6.31. The van der Waals surface area contributed by atoms with Crippen molar-refractivity contribution in [3.8, 4) is 0 Å².